The summed E-state index contributed by atoms with van der Waals surface area (Å²) >= 11 is 0. The fourth-order valence-corrected chi connectivity index (χ4v) is 2.34. The normalized spacial score (nSPS) is 18.1. The van der Waals surface area contributed by atoms with E-state index in [2.05, 4.69) is 27.7 Å². The summed E-state index contributed by atoms with van der Waals surface area (Å²) in [6.45, 7) is 7.81. The van der Waals surface area contributed by atoms with E-state index in [0.717, 1.165) is 31.9 Å². The lowest BCUT2D eigenvalue weighted by molar-refractivity contribution is -0.136. The van der Waals surface area contributed by atoms with Gasteiger partial charge in [0.1, 0.15) is 5.60 Å². The molecule has 1 heterocycles. The minimum Gasteiger partial charge on any atom is -0.369 e. The molecule has 1 aliphatic rings. The molecule has 0 bridgehead atoms. The maximum Gasteiger partial charge on any atom is 0.256 e. The number of benzene rings is 1. The number of hydrogen-bond acceptors (Lipinski definition) is 4. The van der Waals surface area contributed by atoms with Crippen LogP contribution in [0.15, 0.2) is 24.3 Å². The molecule has 1 saturated heterocycles. The van der Waals surface area contributed by atoms with Crippen LogP contribution in [0.1, 0.15) is 20.3 Å². The van der Waals surface area contributed by atoms with Gasteiger partial charge in [-0.15, -0.1) is 0 Å². The molecule has 1 unspecified atom stereocenters. The highest BCUT2D eigenvalue weighted by molar-refractivity contribution is 5.97. The average Bonchev–Trinajstić information content (AvgIpc) is 2.55. The van der Waals surface area contributed by atoms with Crippen LogP contribution in [0.5, 0.6) is 0 Å². The van der Waals surface area contributed by atoms with Crippen LogP contribution in [0.4, 0.5) is 11.4 Å². The van der Waals surface area contributed by atoms with Gasteiger partial charge in [0.25, 0.3) is 5.91 Å². The smallest absolute Gasteiger partial charge is 0.256 e. The first-order valence-electron chi connectivity index (χ1n) is 7.51. The fourth-order valence-electron chi connectivity index (χ4n) is 2.34. The Hall–Kier alpha value is -1.59. The first-order valence-corrected chi connectivity index (χ1v) is 7.51. The van der Waals surface area contributed by atoms with E-state index in [1.165, 1.54) is 5.69 Å². The van der Waals surface area contributed by atoms with Crippen LogP contribution in [-0.4, -0.2) is 44.8 Å². The summed E-state index contributed by atoms with van der Waals surface area (Å²) in [5.74, 6) is -0.109. The van der Waals surface area contributed by atoms with Crippen molar-refractivity contribution < 1.29 is 9.53 Å². The third-order valence-corrected chi connectivity index (χ3v) is 4.21. The number of nitrogens with one attached hydrogen (secondary N) is 2. The lowest BCUT2D eigenvalue weighted by atomic mass is 10.0. The van der Waals surface area contributed by atoms with Gasteiger partial charge in [-0.3, -0.25) is 4.79 Å². The fraction of sp³-hybridized carbons (Fsp3) is 0.562. The van der Waals surface area contributed by atoms with E-state index in [1.807, 2.05) is 19.1 Å². The highest BCUT2D eigenvalue weighted by Crippen LogP contribution is 2.21. The molecule has 0 radical (unpaired) electrons. The molecule has 0 aliphatic carbocycles. The monoisotopic (exact) mass is 291 g/mol. The van der Waals surface area contributed by atoms with Crippen molar-refractivity contribution in [3.05, 3.63) is 24.3 Å². The molecule has 0 aromatic heterocycles. The first-order chi connectivity index (χ1) is 10.1. The number of rotatable bonds is 5. The van der Waals surface area contributed by atoms with Crippen LogP contribution in [0.25, 0.3) is 0 Å². The second-order valence-electron chi connectivity index (χ2n) is 5.53. The maximum atomic E-state index is 12.2. The minimum atomic E-state index is -0.781. The van der Waals surface area contributed by atoms with Gasteiger partial charge in [-0.05, 0) is 37.6 Å². The Balaban J connectivity index is 2.00. The van der Waals surface area contributed by atoms with Crippen LogP contribution >= 0.6 is 0 Å². The van der Waals surface area contributed by atoms with Crippen molar-refractivity contribution in [3.8, 4) is 0 Å². The number of anilines is 2. The van der Waals surface area contributed by atoms with E-state index in [-0.39, 0.29) is 5.91 Å². The Morgan fingerprint density at radius 2 is 1.95 bits per heavy atom. The molecule has 2 N–H and O–H groups in total. The molecule has 1 aliphatic heterocycles. The second kappa shape index (κ2) is 6.91. The highest BCUT2D eigenvalue weighted by atomic mass is 16.5. The summed E-state index contributed by atoms with van der Waals surface area (Å²) in [6.07, 6.45) is 0.633. The Morgan fingerprint density at radius 1 is 1.33 bits per heavy atom. The topological polar surface area (TPSA) is 53.6 Å². The molecule has 5 heteroatoms. The molecule has 21 heavy (non-hydrogen) atoms. The number of piperazine rings is 1. The first kappa shape index (κ1) is 15.8. The number of methoxy groups -OCH3 is 1. The van der Waals surface area contributed by atoms with E-state index in [1.54, 1.807) is 14.0 Å². The Morgan fingerprint density at radius 3 is 2.48 bits per heavy atom. The Kier molecular flexibility index (Phi) is 5.20. The summed E-state index contributed by atoms with van der Waals surface area (Å²) in [6, 6.07) is 8.00. The van der Waals surface area contributed by atoms with Gasteiger partial charge in [-0.25, -0.2) is 0 Å². The van der Waals surface area contributed by atoms with Gasteiger partial charge < -0.3 is 20.3 Å². The van der Waals surface area contributed by atoms with E-state index in [0.29, 0.717) is 6.42 Å². The molecule has 0 spiro atoms. The van der Waals surface area contributed by atoms with Gasteiger partial charge >= 0.3 is 0 Å². The highest BCUT2D eigenvalue weighted by Gasteiger charge is 2.30. The van der Waals surface area contributed by atoms with Gasteiger partial charge in [-0.1, -0.05) is 6.92 Å². The van der Waals surface area contributed by atoms with Crippen molar-refractivity contribution in [2.24, 2.45) is 0 Å². The maximum absolute atomic E-state index is 12.2. The van der Waals surface area contributed by atoms with Crippen LogP contribution in [0.3, 0.4) is 0 Å². The van der Waals surface area contributed by atoms with E-state index < -0.39 is 5.60 Å². The third-order valence-electron chi connectivity index (χ3n) is 4.21. The second-order valence-corrected chi connectivity index (χ2v) is 5.53. The number of carbonyl (C=O) groups excluding carboxylic acids is 1. The largest absolute Gasteiger partial charge is 0.369 e. The number of amides is 1. The number of ether oxygens (including phenoxy) is 1. The van der Waals surface area contributed by atoms with Crippen LogP contribution in [0.2, 0.25) is 0 Å². The number of nitrogens with zero attached hydrogens (tertiary/aromatic N) is 1. The van der Waals surface area contributed by atoms with Gasteiger partial charge in [0.15, 0.2) is 0 Å². The summed E-state index contributed by atoms with van der Waals surface area (Å²) in [5, 5.41) is 6.26. The zero-order chi connectivity index (χ0) is 15.3. The van der Waals surface area contributed by atoms with Crippen molar-refractivity contribution in [1.29, 1.82) is 0 Å². The number of carbonyl (C=O) groups is 1. The lowest BCUT2D eigenvalue weighted by Crippen LogP contribution is -2.43. The van der Waals surface area contributed by atoms with Gasteiger partial charge in [-0.2, -0.15) is 0 Å². The standard InChI is InChI=1S/C16H25N3O2/c1-4-16(2,21-3)15(20)18-13-5-7-14(8-6-13)19-11-9-17-10-12-19/h5-8,17H,4,9-12H2,1-3H3,(H,18,20). The molecule has 0 saturated carbocycles. The van der Waals surface area contributed by atoms with Gasteiger partial charge in [0, 0.05) is 44.7 Å². The molecular weight excluding hydrogens is 266 g/mol. The van der Waals surface area contributed by atoms with Gasteiger partial charge in [0.2, 0.25) is 0 Å². The van der Waals surface area contributed by atoms with E-state index >= 15 is 0 Å². The molecule has 1 amide bonds. The van der Waals surface area contributed by atoms with Crippen molar-refractivity contribution >= 4 is 17.3 Å². The minimum absolute atomic E-state index is 0.109. The third kappa shape index (κ3) is 3.74. The SMILES string of the molecule is CCC(C)(OC)C(=O)Nc1ccc(N2CCNCC2)cc1. The van der Waals surface area contributed by atoms with Crippen molar-refractivity contribution in [3.63, 3.8) is 0 Å². The quantitative estimate of drug-likeness (QED) is 0.869. The predicted octanol–water partition coefficient (Wildman–Crippen LogP) is 1.85. The number of hydrogen-bond donors (Lipinski definition) is 2. The van der Waals surface area contributed by atoms with Crippen molar-refractivity contribution in [2.45, 2.75) is 25.9 Å². The molecule has 1 aromatic rings. The summed E-state index contributed by atoms with van der Waals surface area (Å²) in [7, 11) is 1.57. The van der Waals surface area contributed by atoms with E-state index in [9.17, 15) is 4.79 Å². The molecule has 1 atom stereocenters. The van der Waals surface area contributed by atoms with Crippen molar-refractivity contribution in [2.75, 3.05) is 43.5 Å². The van der Waals surface area contributed by atoms with Gasteiger partial charge in [0.05, 0.1) is 0 Å². The van der Waals surface area contributed by atoms with Crippen LogP contribution in [0, 0.1) is 0 Å². The molecule has 116 valence electrons. The summed E-state index contributed by atoms with van der Waals surface area (Å²) < 4.78 is 5.31. The average molecular weight is 291 g/mol. The van der Waals surface area contributed by atoms with Crippen LogP contribution < -0.4 is 15.5 Å². The Labute approximate surface area is 126 Å². The molecule has 1 fully saturated rings. The van der Waals surface area contributed by atoms with Crippen LogP contribution in [-0.2, 0) is 9.53 Å². The predicted molar refractivity (Wildman–Crippen MR) is 85.9 cm³/mol. The molecule has 5 nitrogen and oxygen atoms in total. The molecule has 2 rings (SSSR count). The zero-order valence-corrected chi connectivity index (χ0v) is 13.1. The van der Waals surface area contributed by atoms with E-state index in [4.69, 9.17) is 4.74 Å². The lowest BCUT2D eigenvalue weighted by Gasteiger charge is -2.29. The van der Waals surface area contributed by atoms with Crippen molar-refractivity contribution in [1.82, 2.24) is 5.32 Å². The Bertz CT molecular complexity index is 463. The molecule has 1 aromatic carbocycles. The molecular formula is C16H25N3O2. The summed E-state index contributed by atoms with van der Waals surface area (Å²) in [5.41, 5.74) is 1.21. The summed E-state index contributed by atoms with van der Waals surface area (Å²) in [4.78, 5) is 14.6. The zero-order valence-electron chi connectivity index (χ0n) is 13.1.